The van der Waals surface area contributed by atoms with Gasteiger partial charge in [0.25, 0.3) is 0 Å². The van der Waals surface area contributed by atoms with Gasteiger partial charge >= 0.3 is 10.1 Å². The van der Waals surface area contributed by atoms with Gasteiger partial charge in [-0.25, -0.2) is 0 Å². The Labute approximate surface area is 109 Å². The molecule has 0 atom stereocenters. The van der Waals surface area contributed by atoms with Crippen LogP contribution >= 0.6 is 11.3 Å². The van der Waals surface area contributed by atoms with E-state index in [1.54, 1.807) is 18.2 Å². The highest BCUT2D eigenvalue weighted by Gasteiger charge is 2.17. The smallest absolute Gasteiger partial charge is 0.289 e. The molecular weight excluding hydrogens is 272 g/mol. The van der Waals surface area contributed by atoms with E-state index in [0.29, 0.717) is 5.56 Å². The van der Waals surface area contributed by atoms with Gasteiger partial charge in [0.1, 0.15) is 4.21 Å². The minimum Gasteiger partial charge on any atom is -0.289 e. The van der Waals surface area contributed by atoms with Crippen LogP contribution in [-0.4, -0.2) is 18.8 Å². The van der Waals surface area contributed by atoms with Crippen molar-refractivity contribution in [2.75, 3.05) is 0 Å². The fraction of sp³-hybridized carbons (Fsp3) is 0.0833. The number of carbonyl (C=O) groups is 1. The Balaban J connectivity index is 2.38. The van der Waals surface area contributed by atoms with E-state index in [9.17, 15) is 13.2 Å². The van der Waals surface area contributed by atoms with Crippen molar-refractivity contribution in [3.05, 3.63) is 52.4 Å². The number of rotatable bonds is 3. The van der Waals surface area contributed by atoms with Gasteiger partial charge in [-0.2, -0.15) is 8.42 Å². The predicted octanol–water partition coefficient (Wildman–Crippen LogP) is 2.53. The SMILES string of the molecule is Cc1cccc(C(=O)c2csc(S(=O)(=O)O)c2)c1. The second-order valence-electron chi connectivity index (χ2n) is 3.83. The summed E-state index contributed by atoms with van der Waals surface area (Å²) in [6.45, 7) is 1.87. The summed E-state index contributed by atoms with van der Waals surface area (Å²) in [6.07, 6.45) is 0. The number of carbonyl (C=O) groups excluding carboxylic acids is 1. The van der Waals surface area contributed by atoms with Crippen LogP contribution < -0.4 is 0 Å². The molecule has 0 fully saturated rings. The maximum atomic E-state index is 12.1. The summed E-state index contributed by atoms with van der Waals surface area (Å²) < 4.78 is 30.5. The van der Waals surface area contributed by atoms with Gasteiger partial charge in [0, 0.05) is 16.5 Å². The number of ketones is 1. The van der Waals surface area contributed by atoms with Gasteiger partial charge < -0.3 is 0 Å². The van der Waals surface area contributed by atoms with Crippen LogP contribution in [-0.2, 0) is 10.1 Å². The van der Waals surface area contributed by atoms with Crippen molar-refractivity contribution in [3.8, 4) is 0 Å². The van der Waals surface area contributed by atoms with Gasteiger partial charge in [0.05, 0.1) is 0 Å². The minimum atomic E-state index is -4.24. The van der Waals surface area contributed by atoms with Crippen LogP contribution in [0.4, 0.5) is 0 Å². The van der Waals surface area contributed by atoms with Gasteiger partial charge in [0.2, 0.25) is 0 Å². The molecule has 0 amide bonds. The Morgan fingerprint density at radius 3 is 2.50 bits per heavy atom. The summed E-state index contributed by atoms with van der Waals surface area (Å²) in [5, 5.41) is 1.42. The van der Waals surface area contributed by atoms with Crippen LogP contribution in [0.5, 0.6) is 0 Å². The van der Waals surface area contributed by atoms with Crippen LogP contribution in [0.15, 0.2) is 39.9 Å². The van der Waals surface area contributed by atoms with E-state index in [2.05, 4.69) is 0 Å². The molecule has 2 aromatic rings. The van der Waals surface area contributed by atoms with Gasteiger partial charge in [-0.15, -0.1) is 11.3 Å². The van der Waals surface area contributed by atoms with Crippen LogP contribution in [0.2, 0.25) is 0 Å². The van der Waals surface area contributed by atoms with Gasteiger partial charge in [-0.1, -0.05) is 23.8 Å². The molecular formula is C12H10O4S2. The van der Waals surface area contributed by atoms with E-state index in [4.69, 9.17) is 4.55 Å². The molecule has 94 valence electrons. The van der Waals surface area contributed by atoms with Crippen molar-refractivity contribution < 1.29 is 17.8 Å². The Morgan fingerprint density at radius 2 is 1.94 bits per heavy atom. The van der Waals surface area contributed by atoms with E-state index in [0.717, 1.165) is 16.9 Å². The number of aryl methyl sites for hydroxylation is 1. The zero-order valence-electron chi connectivity index (χ0n) is 9.45. The molecule has 18 heavy (non-hydrogen) atoms. The lowest BCUT2D eigenvalue weighted by Crippen LogP contribution is -2.00. The fourth-order valence-electron chi connectivity index (χ4n) is 1.52. The third kappa shape index (κ3) is 2.66. The Hall–Kier alpha value is -1.50. The molecule has 0 saturated carbocycles. The topological polar surface area (TPSA) is 71.4 Å². The standard InChI is InChI=1S/C12H10O4S2/c1-8-3-2-4-9(5-8)12(13)10-6-11(17-7-10)18(14,15)16/h2-7H,1H3,(H,14,15,16). The van der Waals surface area contributed by atoms with Crippen molar-refractivity contribution in [1.82, 2.24) is 0 Å². The highest BCUT2D eigenvalue weighted by molar-refractivity contribution is 7.88. The van der Waals surface area contributed by atoms with Gasteiger partial charge in [-0.05, 0) is 19.1 Å². The van der Waals surface area contributed by atoms with E-state index < -0.39 is 10.1 Å². The second kappa shape index (κ2) is 4.64. The molecule has 6 heteroatoms. The third-order valence-electron chi connectivity index (χ3n) is 2.37. The summed E-state index contributed by atoms with van der Waals surface area (Å²) in [4.78, 5) is 12.1. The number of thiophene rings is 1. The average Bonchev–Trinajstić information content (AvgIpc) is 2.77. The molecule has 0 aliphatic carbocycles. The van der Waals surface area contributed by atoms with Gasteiger partial charge in [0.15, 0.2) is 5.78 Å². The monoisotopic (exact) mass is 282 g/mol. The largest absolute Gasteiger partial charge is 0.304 e. The van der Waals surface area contributed by atoms with Crippen molar-refractivity contribution in [3.63, 3.8) is 0 Å². The molecule has 1 aromatic heterocycles. The molecule has 0 radical (unpaired) electrons. The fourth-order valence-corrected chi connectivity index (χ4v) is 3.04. The first-order valence-corrected chi connectivity index (χ1v) is 7.37. The van der Waals surface area contributed by atoms with Gasteiger partial charge in [-0.3, -0.25) is 9.35 Å². The normalized spacial score (nSPS) is 11.4. The molecule has 0 aliphatic rings. The van der Waals surface area contributed by atoms with E-state index >= 15 is 0 Å². The van der Waals surface area contributed by atoms with Crippen LogP contribution in [0.1, 0.15) is 21.5 Å². The number of benzene rings is 1. The lowest BCUT2D eigenvalue weighted by Gasteiger charge is -1.99. The molecule has 4 nitrogen and oxygen atoms in total. The lowest BCUT2D eigenvalue weighted by molar-refractivity contribution is 0.103. The molecule has 1 heterocycles. The Morgan fingerprint density at radius 1 is 1.22 bits per heavy atom. The summed E-state index contributed by atoms with van der Waals surface area (Å²) in [7, 11) is -4.24. The molecule has 0 spiro atoms. The third-order valence-corrected chi connectivity index (χ3v) is 4.64. The quantitative estimate of drug-likeness (QED) is 0.693. The van der Waals surface area contributed by atoms with E-state index in [-0.39, 0.29) is 15.6 Å². The number of hydrogen-bond donors (Lipinski definition) is 1. The summed E-state index contributed by atoms with van der Waals surface area (Å²) in [6, 6.07) is 8.21. The maximum Gasteiger partial charge on any atom is 0.304 e. The molecule has 1 aromatic carbocycles. The second-order valence-corrected chi connectivity index (χ2v) is 6.39. The van der Waals surface area contributed by atoms with Crippen molar-refractivity contribution in [2.45, 2.75) is 11.1 Å². The maximum absolute atomic E-state index is 12.1. The molecule has 0 unspecified atom stereocenters. The zero-order valence-corrected chi connectivity index (χ0v) is 11.1. The number of hydrogen-bond acceptors (Lipinski definition) is 4. The van der Waals surface area contributed by atoms with E-state index in [1.807, 2.05) is 13.0 Å². The van der Waals surface area contributed by atoms with Crippen molar-refractivity contribution >= 4 is 27.2 Å². The zero-order chi connectivity index (χ0) is 13.3. The molecule has 0 bridgehead atoms. The average molecular weight is 282 g/mol. The highest BCUT2D eigenvalue weighted by Crippen LogP contribution is 2.22. The lowest BCUT2D eigenvalue weighted by atomic mass is 10.0. The summed E-state index contributed by atoms with van der Waals surface area (Å²) >= 11 is 0.825. The molecule has 0 saturated heterocycles. The van der Waals surface area contributed by atoms with Crippen LogP contribution in [0, 0.1) is 6.92 Å². The van der Waals surface area contributed by atoms with Crippen molar-refractivity contribution in [2.24, 2.45) is 0 Å². The molecule has 2 rings (SSSR count). The molecule has 0 aliphatic heterocycles. The first-order valence-electron chi connectivity index (χ1n) is 5.05. The Kier molecular flexibility index (Phi) is 3.34. The highest BCUT2D eigenvalue weighted by atomic mass is 32.3. The van der Waals surface area contributed by atoms with Crippen molar-refractivity contribution in [1.29, 1.82) is 0 Å². The van der Waals surface area contributed by atoms with Crippen LogP contribution in [0.25, 0.3) is 0 Å². The molecule has 1 N–H and O–H groups in total. The minimum absolute atomic E-state index is 0.224. The predicted molar refractivity (Wildman–Crippen MR) is 68.7 cm³/mol. The van der Waals surface area contributed by atoms with Crippen LogP contribution in [0.3, 0.4) is 0 Å². The van der Waals surface area contributed by atoms with E-state index in [1.165, 1.54) is 11.4 Å². The Bertz CT molecular complexity index is 698. The summed E-state index contributed by atoms with van der Waals surface area (Å²) in [5.41, 5.74) is 1.71. The first kappa shape index (κ1) is 12.9. The first-order chi connectivity index (χ1) is 8.38. The summed E-state index contributed by atoms with van der Waals surface area (Å²) in [5.74, 6) is -0.259.